The van der Waals surface area contributed by atoms with Gasteiger partial charge < -0.3 is 30.2 Å². The van der Waals surface area contributed by atoms with E-state index in [1.807, 2.05) is 18.2 Å². The molecular formula is C17H23NO5. The summed E-state index contributed by atoms with van der Waals surface area (Å²) in [6.07, 6.45) is 0. The van der Waals surface area contributed by atoms with Crippen molar-refractivity contribution in [1.29, 1.82) is 0 Å². The van der Waals surface area contributed by atoms with Crippen molar-refractivity contribution >= 4 is 10.8 Å². The van der Waals surface area contributed by atoms with Gasteiger partial charge in [-0.05, 0) is 35.0 Å². The predicted molar refractivity (Wildman–Crippen MR) is 87.7 cm³/mol. The molecule has 126 valence electrons. The molecule has 6 heteroatoms. The zero-order valence-corrected chi connectivity index (χ0v) is 13.0. The SMILES string of the molecule is NCCOCCOCCOc1ccc2cc(CO)c(O)cc2c1. The Kier molecular flexibility index (Phi) is 7.09. The number of phenols is 1. The standard InChI is InChI=1S/C17H23NO5/c18-3-4-21-5-6-22-7-8-23-16-2-1-13-9-15(12-19)17(20)11-14(13)10-16/h1-2,9-11,19-20H,3-8,12,18H2. The summed E-state index contributed by atoms with van der Waals surface area (Å²) < 4.78 is 16.2. The maximum Gasteiger partial charge on any atom is 0.121 e. The number of aliphatic hydroxyl groups is 1. The summed E-state index contributed by atoms with van der Waals surface area (Å²) in [5.41, 5.74) is 5.82. The number of aromatic hydroxyl groups is 1. The number of hydrogen-bond acceptors (Lipinski definition) is 6. The van der Waals surface area contributed by atoms with Crippen molar-refractivity contribution < 1.29 is 24.4 Å². The minimum absolute atomic E-state index is 0.0814. The molecule has 2 aromatic rings. The topological polar surface area (TPSA) is 94.2 Å². The zero-order chi connectivity index (χ0) is 16.5. The van der Waals surface area contributed by atoms with Crippen LogP contribution in [0, 0.1) is 0 Å². The summed E-state index contributed by atoms with van der Waals surface area (Å²) in [7, 11) is 0. The molecule has 0 aliphatic rings. The van der Waals surface area contributed by atoms with E-state index >= 15 is 0 Å². The monoisotopic (exact) mass is 321 g/mol. The first-order chi connectivity index (χ1) is 11.2. The Balaban J connectivity index is 1.80. The van der Waals surface area contributed by atoms with Crippen LogP contribution in [0.2, 0.25) is 0 Å². The van der Waals surface area contributed by atoms with Crippen LogP contribution in [-0.4, -0.2) is 49.8 Å². The Labute approximate surface area is 135 Å². The lowest BCUT2D eigenvalue weighted by Crippen LogP contribution is -2.14. The average Bonchev–Trinajstić information content (AvgIpc) is 2.56. The molecule has 0 radical (unpaired) electrons. The lowest BCUT2D eigenvalue weighted by molar-refractivity contribution is 0.0388. The number of nitrogens with two attached hydrogens (primary N) is 1. The molecule has 0 amide bonds. The van der Waals surface area contributed by atoms with E-state index in [9.17, 15) is 5.11 Å². The van der Waals surface area contributed by atoms with Crippen molar-refractivity contribution in [3.63, 3.8) is 0 Å². The van der Waals surface area contributed by atoms with E-state index in [1.54, 1.807) is 12.1 Å². The Morgan fingerprint density at radius 3 is 2.35 bits per heavy atom. The fourth-order valence-corrected chi connectivity index (χ4v) is 2.15. The first-order valence-corrected chi connectivity index (χ1v) is 7.59. The summed E-state index contributed by atoms with van der Waals surface area (Å²) in [4.78, 5) is 0. The number of benzene rings is 2. The van der Waals surface area contributed by atoms with Crippen LogP contribution in [-0.2, 0) is 16.1 Å². The summed E-state index contributed by atoms with van der Waals surface area (Å²) >= 11 is 0. The molecule has 0 unspecified atom stereocenters. The Bertz CT molecular complexity index is 617. The third kappa shape index (κ3) is 5.37. The highest BCUT2D eigenvalue weighted by atomic mass is 16.5. The Morgan fingerprint density at radius 2 is 1.61 bits per heavy atom. The summed E-state index contributed by atoms with van der Waals surface area (Å²) in [6.45, 7) is 2.81. The van der Waals surface area contributed by atoms with Gasteiger partial charge >= 0.3 is 0 Å². The summed E-state index contributed by atoms with van der Waals surface area (Å²) in [5.74, 6) is 0.787. The number of aliphatic hydroxyl groups excluding tert-OH is 1. The number of rotatable bonds is 10. The molecule has 23 heavy (non-hydrogen) atoms. The minimum atomic E-state index is -0.188. The van der Waals surface area contributed by atoms with Gasteiger partial charge in [0, 0.05) is 12.1 Å². The third-order valence-electron chi connectivity index (χ3n) is 3.31. The molecular weight excluding hydrogens is 298 g/mol. The van der Waals surface area contributed by atoms with E-state index in [4.69, 9.17) is 25.1 Å². The molecule has 0 aliphatic heterocycles. The second-order valence-electron chi connectivity index (χ2n) is 5.01. The molecule has 0 aliphatic carbocycles. The van der Waals surface area contributed by atoms with E-state index in [0.717, 1.165) is 10.8 Å². The molecule has 0 atom stereocenters. The van der Waals surface area contributed by atoms with E-state index in [1.165, 1.54) is 0 Å². The minimum Gasteiger partial charge on any atom is -0.508 e. The van der Waals surface area contributed by atoms with Crippen LogP contribution in [0.15, 0.2) is 30.3 Å². The molecule has 0 aromatic heterocycles. The molecule has 2 aromatic carbocycles. The average molecular weight is 321 g/mol. The molecule has 0 saturated heterocycles. The van der Waals surface area contributed by atoms with Crippen molar-refractivity contribution in [2.75, 3.05) is 39.6 Å². The van der Waals surface area contributed by atoms with Crippen LogP contribution in [0.3, 0.4) is 0 Å². The van der Waals surface area contributed by atoms with E-state index in [2.05, 4.69) is 0 Å². The van der Waals surface area contributed by atoms with Crippen LogP contribution in [0.1, 0.15) is 5.56 Å². The summed E-state index contributed by atoms with van der Waals surface area (Å²) in [6, 6.07) is 8.98. The summed E-state index contributed by atoms with van der Waals surface area (Å²) in [5, 5.41) is 20.7. The van der Waals surface area contributed by atoms with E-state index in [0.29, 0.717) is 50.9 Å². The van der Waals surface area contributed by atoms with Crippen LogP contribution in [0.4, 0.5) is 0 Å². The van der Waals surface area contributed by atoms with Crippen LogP contribution in [0.25, 0.3) is 10.8 Å². The van der Waals surface area contributed by atoms with Gasteiger partial charge in [-0.2, -0.15) is 0 Å². The molecule has 0 saturated carbocycles. The zero-order valence-electron chi connectivity index (χ0n) is 13.0. The highest BCUT2D eigenvalue weighted by Crippen LogP contribution is 2.28. The molecule has 0 heterocycles. The first kappa shape index (κ1) is 17.5. The number of ether oxygens (including phenoxy) is 3. The Hall–Kier alpha value is -1.86. The van der Waals surface area contributed by atoms with Crippen LogP contribution >= 0.6 is 0 Å². The van der Waals surface area contributed by atoms with Crippen LogP contribution in [0.5, 0.6) is 11.5 Å². The lowest BCUT2D eigenvalue weighted by Gasteiger charge is -2.09. The molecule has 6 nitrogen and oxygen atoms in total. The molecule has 0 bridgehead atoms. The van der Waals surface area contributed by atoms with Gasteiger partial charge in [-0.25, -0.2) is 0 Å². The lowest BCUT2D eigenvalue weighted by atomic mass is 10.1. The second kappa shape index (κ2) is 9.32. The van der Waals surface area contributed by atoms with Gasteiger partial charge in [0.15, 0.2) is 0 Å². The fourth-order valence-electron chi connectivity index (χ4n) is 2.15. The predicted octanol–water partition coefficient (Wildman–Crippen LogP) is 1.41. The maximum atomic E-state index is 9.79. The highest BCUT2D eigenvalue weighted by Gasteiger charge is 2.04. The molecule has 4 N–H and O–H groups in total. The van der Waals surface area contributed by atoms with Crippen molar-refractivity contribution in [2.45, 2.75) is 6.61 Å². The molecule has 0 spiro atoms. The van der Waals surface area contributed by atoms with Gasteiger partial charge in [0.05, 0.1) is 33.0 Å². The highest BCUT2D eigenvalue weighted by molar-refractivity contribution is 5.86. The van der Waals surface area contributed by atoms with Gasteiger partial charge in [0.2, 0.25) is 0 Å². The van der Waals surface area contributed by atoms with Crippen molar-refractivity contribution in [3.8, 4) is 11.5 Å². The quantitative estimate of drug-likeness (QED) is 0.573. The van der Waals surface area contributed by atoms with Gasteiger partial charge in [-0.1, -0.05) is 6.07 Å². The number of hydrogen-bond donors (Lipinski definition) is 3. The molecule has 0 fully saturated rings. The smallest absolute Gasteiger partial charge is 0.121 e. The Morgan fingerprint density at radius 1 is 0.870 bits per heavy atom. The van der Waals surface area contributed by atoms with E-state index in [-0.39, 0.29) is 12.4 Å². The fraction of sp³-hybridized carbons (Fsp3) is 0.412. The van der Waals surface area contributed by atoms with Gasteiger partial charge in [0.1, 0.15) is 18.1 Å². The normalized spacial score (nSPS) is 11.0. The molecule has 2 rings (SSSR count). The second-order valence-corrected chi connectivity index (χ2v) is 5.01. The van der Waals surface area contributed by atoms with Crippen LogP contribution < -0.4 is 10.5 Å². The van der Waals surface area contributed by atoms with Crippen molar-refractivity contribution in [1.82, 2.24) is 0 Å². The van der Waals surface area contributed by atoms with Gasteiger partial charge in [-0.3, -0.25) is 0 Å². The largest absolute Gasteiger partial charge is 0.508 e. The third-order valence-corrected chi connectivity index (χ3v) is 3.31. The van der Waals surface area contributed by atoms with Gasteiger partial charge in [0.25, 0.3) is 0 Å². The number of fused-ring (bicyclic) bond motifs is 1. The van der Waals surface area contributed by atoms with Crippen molar-refractivity contribution in [2.24, 2.45) is 5.73 Å². The van der Waals surface area contributed by atoms with E-state index < -0.39 is 0 Å². The van der Waals surface area contributed by atoms with Gasteiger partial charge in [-0.15, -0.1) is 0 Å². The maximum absolute atomic E-state index is 9.79. The first-order valence-electron chi connectivity index (χ1n) is 7.59. The van der Waals surface area contributed by atoms with Crippen molar-refractivity contribution in [3.05, 3.63) is 35.9 Å².